The fourth-order valence-corrected chi connectivity index (χ4v) is 4.49. The van der Waals surface area contributed by atoms with Crippen molar-refractivity contribution in [3.8, 4) is 0 Å². The van der Waals surface area contributed by atoms with Gasteiger partial charge >= 0.3 is 0 Å². The predicted octanol–water partition coefficient (Wildman–Crippen LogP) is 5.63. The normalized spacial score (nSPS) is 11.5. The maximum Gasteiger partial charge on any atom is 0.262 e. The van der Waals surface area contributed by atoms with Crippen LogP contribution in [0.5, 0.6) is 0 Å². The summed E-state index contributed by atoms with van der Waals surface area (Å²) in [7, 11) is 0. The van der Waals surface area contributed by atoms with Gasteiger partial charge in [0.2, 0.25) is 5.91 Å². The number of hydrogen-bond acceptors (Lipinski definition) is 4. The van der Waals surface area contributed by atoms with Crippen LogP contribution >= 0.6 is 23.4 Å². The van der Waals surface area contributed by atoms with Gasteiger partial charge in [-0.05, 0) is 49.9 Å². The van der Waals surface area contributed by atoms with E-state index in [0.717, 1.165) is 12.0 Å². The van der Waals surface area contributed by atoms with Gasteiger partial charge in [-0.25, -0.2) is 4.98 Å². The highest BCUT2D eigenvalue weighted by atomic mass is 35.5. The zero-order chi connectivity index (χ0) is 23.3. The highest BCUT2D eigenvalue weighted by Crippen LogP contribution is 2.22. The zero-order valence-corrected chi connectivity index (χ0v) is 20.6. The maximum atomic E-state index is 13.2. The van der Waals surface area contributed by atoms with E-state index in [0.29, 0.717) is 40.1 Å². The van der Waals surface area contributed by atoms with E-state index in [1.165, 1.54) is 11.8 Å². The summed E-state index contributed by atoms with van der Waals surface area (Å²) in [5, 5.41) is 1.63. The Morgan fingerprint density at radius 2 is 1.84 bits per heavy atom. The molecule has 1 amide bonds. The van der Waals surface area contributed by atoms with Crippen LogP contribution in [0.15, 0.2) is 58.5 Å². The highest BCUT2D eigenvalue weighted by molar-refractivity contribution is 7.99. The molecule has 0 fully saturated rings. The predicted molar refractivity (Wildman–Crippen MR) is 133 cm³/mol. The van der Waals surface area contributed by atoms with Gasteiger partial charge in [0.1, 0.15) is 0 Å². The van der Waals surface area contributed by atoms with Gasteiger partial charge in [0.05, 0.1) is 16.7 Å². The van der Waals surface area contributed by atoms with E-state index in [-0.39, 0.29) is 23.3 Å². The molecule has 0 N–H and O–H groups in total. The third kappa shape index (κ3) is 6.14. The van der Waals surface area contributed by atoms with Crippen molar-refractivity contribution in [3.05, 3.63) is 69.5 Å². The summed E-state index contributed by atoms with van der Waals surface area (Å²) in [6.45, 7) is 9.40. The van der Waals surface area contributed by atoms with Gasteiger partial charge in [-0.2, -0.15) is 0 Å². The lowest BCUT2D eigenvalue weighted by atomic mass is 10.1. The molecule has 0 unspecified atom stereocenters. The Balaban J connectivity index is 1.86. The first-order valence-corrected chi connectivity index (χ1v) is 12.3. The molecule has 0 aliphatic rings. The Bertz CT molecular complexity index is 1130. The summed E-state index contributed by atoms with van der Waals surface area (Å²) in [5.74, 6) is 0.680. The van der Waals surface area contributed by atoms with Crippen LogP contribution in [0, 0.1) is 5.92 Å². The van der Waals surface area contributed by atoms with Crippen LogP contribution in [0.2, 0.25) is 5.02 Å². The Morgan fingerprint density at radius 1 is 1.12 bits per heavy atom. The Labute approximate surface area is 198 Å². The monoisotopic (exact) mass is 471 g/mol. The van der Waals surface area contributed by atoms with Crippen molar-refractivity contribution in [1.29, 1.82) is 0 Å². The molecule has 7 heteroatoms. The van der Waals surface area contributed by atoms with Crippen molar-refractivity contribution in [2.45, 2.75) is 58.4 Å². The van der Waals surface area contributed by atoms with E-state index >= 15 is 0 Å². The molecule has 1 heterocycles. The van der Waals surface area contributed by atoms with E-state index in [2.05, 4.69) is 13.8 Å². The topological polar surface area (TPSA) is 55.2 Å². The van der Waals surface area contributed by atoms with Gasteiger partial charge < -0.3 is 4.90 Å². The number of aromatic nitrogens is 2. The first kappa shape index (κ1) is 24.3. The Kier molecular flexibility index (Phi) is 8.38. The minimum Gasteiger partial charge on any atom is -0.335 e. The Morgan fingerprint density at radius 3 is 2.50 bits per heavy atom. The minimum absolute atomic E-state index is 0.0182. The van der Waals surface area contributed by atoms with Crippen molar-refractivity contribution in [3.63, 3.8) is 0 Å². The van der Waals surface area contributed by atoms with Crippen LogP contribution in [0.25, 0.3) is 10.9 Å². The summed E-state index contributed by atoms with van der Waals surface area (Å²) in [6, 6.07) is 15.2. The van der Waals surface area contributed by atoms with Crippen molar-refractivity contribution in [2.24, 2.45) is 5.92 Å². The molecule has 3 aromatic rings. The molecule has 3 rings (SSSR count). The molecule has 0 saturated carbocycles. The number of carbonyl (C=O) groups excluding carboxylic acids is 1. The number of thioether (sulfide) groups is 1. The number of hydrogen-bond donors (Lipinski definition) is 0. The van der Waals surface area contributed by atoms with E-state index < -0.39 is 0 Å². The van der Waals surface area contributed by atoms with Crippen LogP contribution in [-0.2, 0) is 17.9 Å². The average molecular weight is 472 g/mol. The molecule has 0 bridgehead atoms. The van der Waals surface area contributed by atoms with E-state index in [9.17, 15) is 9.59 Å². The molecule has 0 aliphatic heterocycles. The number of amides is 1. The van der Waals surface area contributed by atoms with Gasteiger partial charge in [-0.3, -0.25) is 14.2 Å². The lowest BCUT2D eigenvalue weighted by molar-refractivity contribution is -0.130. The fourth-order valence-electron chi connectivity index (χ4n) is 3.42. The second kappa shape index (κ2) is 11.0. The molecule has 0 atom stereocenters. The van der Waals surface area contributed by atoms with Crippen molar-refractivity contribution in [2.75, 3.05) is 5.75 Å². The molecular weight excluding hydrogens is 442 g/mol. The summed E-state index contributed by atoms with van der Waals surface area (Å²) < 4.78 is 1.70. The SMILES string of the molecule is CC(C)CCn1c(SCC(=O)N(Cc2ccccc2)C(C)C)nc2cc(Cl)ccc2c1=O. The van der Waals surface area contributed by atoms with E-state index in [1.807, 2.05) is 49.1 Å². The molecule has 32 heavy (non-hydrogen) atoms. The molecule has 0 radical (unpaired) electrons. The molecule has 1 aromatic heterocycles. The number of rotatable bonds is 9. The maximum absolute atomic E-state index is 13.2. The summed E-state index contributed by atoms with van der Waals surface area (Å²) in [4.78, 5) is 32.8. The van der Waals surface area contributed by atoms with E-state index in [4.69, 9.17) is 16.6 Å². The molecular formula is C25H30ClN3O2S. The number of carbonyl (C=O) groups is 1. The number of benzene rings is 2. The molecule has 5 nitrogen and oxygen atoms in total. The molecule has 2 aromatic carbocycles. The van der Waals surface area contributed by atoms with Gasteiger partial charge in [-0.15, -0.1) is 0 Å². The zero-order valence-electron chi connectivity index (χ0n) is 19.0. The average Bonchev–Trinajstić information content (AvgIpc) is 2.75. The van der Waals surface area contributed by atoms with Gasteiger partial charge in [0, 0.05) is 24.2 Å². The number of nitrogens with zero attached hydrogens (tertiary/aromatic N) is 3. The number of fused-ring (bicyclic) bond motifs is 1. The van der Waals surface area contributed by atoms with E-state index in [1.54, 1.807) is 22.8 Å². The van der Waals surface area contributed by atoms with Gasteiger partial charge in [0.25, 0.3) is 5.56 Å². The van der Waals surface area contributed by atoms with Gasteiger partial charge in [0.15, 0.2) is 5.16 Å². The quantitative estimate of drug-likeness (QED) is 0.300. The molecule has 0 spiro atoms. The standard InChI is InChI=1S/C25H30ClN3O2S/c1-17(2)12-13-28-24(31)21-11-10-20(26)14-22(21)27-25(28)32-16-23(30)29(18(3)4)15-19-8-6-5-7-9-19/h5-11,14,17-18H,12-13,15-16H2,1-4H3. The minimum atomic E-state index is -0.0905. The number of halogens is 1. The Hall–Kier alpha value is -2.31. The fraction of sp³-hybridized carbons (Fsp3) is 0.400. The molecule has 0 saturated heterocycles. The first-order valence-electron chi connectivity index (χ1n) is 10.9. The van der Waals surface area contributed by atoms with Crippen LogP contribution in [0.4, 0.5) is 0 Å². The smallest absolute Gasteiger partial charge is 0.262 e. The summed E-state index contributed by atoms with van der Waals surface area (Å²) >= 11 is 7.45. The second-order valence-electron chi connectivity index (χ2n) is 8.58. The lowest BCUT2D eigenvalue weighted by Crippen LogP contribution is -2.37. The molecule has 0 aliphatic carbocycles. The second-order valence-corrected chi connectivity index (χ2v) is 9.96. The third-order valence-corrected chi connectivity index (χ3v) is 6.47. The van der Waals surface area contributed by atoms with Crippen LogP contribution in [0.1, 0.15) is 39.7 Å². The summed E-state index contributed by atoms with van der Waals surface area (Å²) in [5.41, 5.74) is 1.56. The van der Waals surface area contributed by atoms with Crippen LogP contribution in [0.3, 0.4) is 0 Å². The third-order valence-electron chi connectivity index (χ3n) is 5.28. The van der Waals surface area contributed by atoms with Crippen molar-refractivity contribution < 1.29 is 4.79 Å². The van der Waals surface area contributed by atoms with Crippen LogP contribution < -0.4 is 5.56 Å². The van der Waals surface area contributed by atoms with Gasteiger partial charge in [-0.1, -0.05) is 67.5 Å². The first-order chi connectivity index (χ1) is 15.3. The lowest BCUT2D eigenvalue weighted by Gasteiger charge is -2.27. The molecule has 170 valence electrons. The summed E-state index contributed by atoms with van der Waals surface area (Å²) in [6.07, 6.45) is 0.855. The van der Waals surface area contributed by atoms with Crippen LogP contribution in [-0.4, -0.2) is 32.2 Å². The van der Waals surface area contributed by atoms with Crippen molar-refractivity contribution in [1.82, 2.24) is 14.5 Å². The highest BCUT2D eigenvalue weighted by Gasteiger charge is 2.20. The van der Waals surface area contributed by atoms with Crippen molar-refractivity contribution >= 4 is 40.2 Å². The largest absolute Gasteiger partial charge is 0.335 e.